The molecule has 0 saturated heterocycles. The van der Waals surface area contributed by atoms with E-state index < -0.39 is 11.6 Å². The van der Waals surface area contributed by atoms with Crippen molar-refractivity contribution in [2.24, 2.45) is 0 Å². The third kappa shape index (κ3) is 4.83. The van der Waals surface area contributed by atoms with E-state index in [9.17, 15) is 9.90 Å². The van der Waals surface area contributed by atoms with Crippen LogP contribution in [0.2, 0.25) is 0 Å². The second kappa shape index (κ2) is 5.16. The molecule has 5 heteroatoms. The van der Waals surface area contributed by atoms with E-state index in [1.165, 1.54) is 6.92 Å². The quantitative estimate of drug-likeness (QED) is 0.259. The summed E-state index contributed by atoms with van der Waals surface area (Å²) in [7, 11) is 0. The summed E-state index contributed by atoms with van der Waals surface area (Å²) < 4.78 is 5.03. The molecule has 0 saturated carbocycles. The van der Waals surface area contributed by atoms with Gasteiger partial charge in [0.1, 0.15) is 16.9 Å². The number of hydrogen-bond acceptors (Lipinski definition) is 4. The topological polar surface area (TPSA) is 70.4 Å². The molecule has 0 aromatic carbocycles. The third-order valence-electron chi connectivity index (χ3n) is 1.39. The lowest BCUT2D eigenvalue weighted by atomic mass is 10.1. The van der Waals surface area contributed by atoms with Gasteiger partial charge in [0.25, 0.3) is 0 Å². The minimum atomic E-state index is -0.729. The van der Waals surface area contributed by atoms with Crippen molar-refractivity contribution in [2.75, 3.05) is 5.88 Å². The van der Waals surface area contributed by atoms with E-state index in [1.807, 2.05) is 0 Å². The van der Waals surface area contributed by atoms with Gasteiger partial charge in [-0.1, -0.05) is 0 Å². The highest BCUT2D eigenvalue weighted by Gasteiger charge is 2.23. The molecule has 0 aliphatic carbocycles. The van der Waals surface area contributed by atoms with E-state index in [0.29, 0.717) is 0 Å². The maximum atomic E-state index is 11.6. The molecule has 86 valence electrons. The SMILES string of the molecule is CC(=N)/C(C(=O)OC(C)(C)C)=C(\O)CCl. The molecule has 0 amide bonds. The number of esters is 1. The van der Waals surface area contributed by atoms with Gasteiger partial charge in [-0.05, 0) is 27.7 Å². The molecular weight excluding hydrogens is 218 g/mol. The van der Waals surface area contributed by atoms with Gasteiger partial charge in [0.15, 0.2) is 0 Å². The van der Waals surface area contributed by atoms with Crippen LogP contribution in [0.1, 0.15) is 27.7 Å². The van der Waals surface area contributed by atoms with Crippen molar-refractivity contribution < 1.29 is 14.6 Å². The number of carbonyl (C=O) groups excluding carboxylic acids is 1. The third-order valence-corrected chi connectivity index (χ3v) is 1.65. The van der Waals surface area contributed by atoms with Gasteiger partial charge in [-0.25, -0.2) is 4.79 Å². The highest BCUT2D eigenvalue weighted by molar-refractivity contribution is 6.22. The largest absolute Gasteiger partial charge is 0.510 e. The molecule has 0 aliphatic heterocycles. The lowest BCUT2D eigenvalue weighted by Crippen LogP contribution is -2.27. The van der Waals surface area contributed by atoms with Crippen LogP contribution in [0.5, 0.6) is 0 Å². The highest BCUT2D eigenvalue weighted by atomic mass is 35.5. The number of rotatable bonds is 3. The van der Waals surface area contributed by atoms with Gasteiger partial charge in [0.2, 0.25) is 0 Å². The molecule has 0 radical (unpaired) electrons. The predicted molar refractivity (Wildman–Crippen MR) is 59.6 cm³/mol. The number of hydrogen-bond donors (Lipinski definition) is 2. The second-order valence-electron chi connectivity index (χ2n) is 4.08. The molecule has 15 heavy (non-hydrogen) atoms. The van der Waals surface area contributed by atoms with Crippen molar-refractivity contribution in [3.63, 3.8) is 0 Å². The van der Waals surface area contributed by atoms with E-state index in [1.54, 1.807) is 20.8 Å². The highest BCUT2D eigenvalue weighted by Crippen LogP contribution is 2.14. The summed E-state index contributed by atoms with van der Waals surface area (Å²) in [5.74, 6) is -1.28. The van der Waals surface area contributed by atoms with E-state index in [2.05, 4.69) is 0 Å². The maximum absolute atomic E-state index is 11.6. The molecule has 4 nitrogen and oxygen atoms in total. The normalized spacial score (nSPS) is 13.1. The molecule has 0 bridgehead atoms. The molecule has 0 fully saturated rings. The van der Waals surface area contributed by atoms with Crippen LogP contribution in [0.15, 0.2) is 11.3 Å². The summed E-state index contributed by atoms with van der Waals surface area (Å²) >= 11 is 5.39. The van der Waals surface area contributed by atoms with Gasteiger partial charge in [-0.15, -0.1) is 11.6 Å². The Morgan fingerprint density at radius 3 is 2.20 bits per heavy atom. The Labute approximate surface area is 94.4 Å². The Bertz CT molecular complexity index is 302. The van der Waals surface area contributed by atoms with Crippen LogP contribution < -0.4 is 0 Å². The number of ether oxygens (including phenoxy) is 1. The number of nitrogens with one attached hydrogen (secondary N) is 1. The molecule has 0 unspecified atom stereocenters. The average Bonchev–Trinajstić information content (AvgIpc) is 1.99. The van der Waals surface area contributed by atoms with Crippen molar-refractivity contribution in [1.82, 2.24) is 0 Å². The van der Waals surface area contributed by atoms with E-state index in [0.717, 1.165) is 0 Å². The van der Waals surface area contributed by atoms with Gasteiger partial charge in [0.05, 0.1) is 5.88 Å². The molecule has 0 aliphatic rings. The number of halogens is 1. The fourth-order valence-electron chi connectivity index (χ4n) is 0.883. The second-order valence-corrected chi connectivity index (χ2v) is 4.35. The maximum Gasteiger partial charge on any atom is 0.343 e. The lowest BCUT2D eigenvalue weighted by Gasteiger charge is -2.20. The lowest BCUT2D eigenvalue weighted by molar-refractivity contribution is -0.149. The summed E-state index contributed by atoms with van der Waals surface area (Å²) in [6, 6.07) is 0. The van der Waals surface area contributed by atoms with Crippen molar-refractivity contribution in [3.05, 3.63) is 11.3 Å². The summed E-state index contributed by atoms with van der Waals surface area (Å²) in [6.45, 7) is 6.51. The molecule has 0 aromatic heterocycles. The van der Waals surface area contributed by atoms with Gasteiger partial charge < -0.3 is 15.3 Å². The fraction of sp³-hybridized carbons (Fsp3) is 0.600. The Balaban J connectivity index is 4.99. The number of allylic oxidation sites excluding steroid dienone is 1. The first kappa shape index (κ1) is 14.0. The Hall–Kier alpha value is -1.03. The standard InChI is InChI=1S/C10H16ClNO3/c1-6(12)8(7(13)5-11)9(14)15-10(2,3)4/h12-13H,5H2,1-4H3/b8-7+,12-6?. The van der Waals surface area contributed by atoms with Gasteiger partial charge in [0, 0.05) is 5.71 Å². The van der Waals surface area contributed by atoms with E-state index in [4.69, 9.17) is 21.7 Å². The van der Waals surface area contributed by atoms with Gasteiger partial charge in [-0.3, -0.25) is 0 Å². The predicted octanol–water partition coefficient (Wildman–Crippen LogP) is 2.42. The summed E-state index contributed by atoms with van der Waals surface area (Å²) in [4.78, 5) is 11.6. The average molecular weight is 234 g/mol. The molecule has 0 rings (SSSR count). The number of aliphatic hydroxyl groups is 1. The van der Waals surface area contributed by atoms with Crippen molar-refractivity contribution in [3.8, 4) is 0 Å². The van der Waals surface area contributed by atoms with Crippen LogP contribution >= 0.6 is 11.6 Å². The number of alkyl halides is 1. The summed E-state index contributed by atoms with van der Waals surface area (Å²) in [6.07, 6.45) is 0. The first-order chi connectivity index (χ1) is 6.69. The molecule has 0 atom stereocenters. The van der Waals surface area contributed by atoms with E-state index >= 15 is 0 Å². The molecule has 2 N–H and O–H groups in total. The number of carbonyl (C=O) groups is 1. The zero-order valence-corrected chi connectivity index (χ0v) is 10.1. The van der Waals surface area contributed by atoms with Gasteiger partial charge >= 0.3 is 5.97 Å². The molecular formula is C10H16ClNO3. The Kier molecular flexibility index (Phi) is 4.81. The zero-order valence-electron chi connectivity index (χ0n) is 9.35. The summed E-state index contributed by atoms with van der Waals surface area (Å²) in [5.41, 5.74) is -0.896. The van der Waals surface area contributed by atoms with Gasteiger partial charge in [-0.2, -0.15) is 0 Å². The Morgan fingerprint density at radius 1 is 1.47 bits per heavy atom. The van der Waals surface area contributed by atoms with Crippen LogP contribution in [-0.2, 0) is 9.53 Å². The smallest absolute Gasteiger partial charge is 0.343 e. The number of aliphatic hydroxyl groups excluding tert-OH is 1. The minimum Gasteiger partial charge on any atom is -0.510 e. The fourth-order valence-corrected chi connectivity index (χ4v) is 1.02. The van der Waals surface area contributed by atoms with Crippen molar-refractivity contribution in [2.45, 2.75) is 33.3 Å². The van der Waals surface area contributed by atoms with Crippen molar-refractivity contribution in [1.29, 1.82) is 5.41 Å². The molecule has 0 spiro atoms. The molecule has 0 aromatic rings. The Morgan fingerprint density at radius 2 is 1.93 bits per heavy atom. The van der Waals surface area contributed by atoms with Crippen LogP contribution in [0.3, 0.4) is 0 Å². The minimum absolute atomic E-state index is 0.0672. The van der Waals surface area contributed by atoms with Crippen LogP contribution in [0.4, 0.5) is 0 Å². The van der Waals surface area contributed by atoms with E-state index in [-0.39, 0.29) is 22.9 Å². The van der Waals surface area contributed by atoms with Crippen LogP contribution in [-0.4, -0.2) is 28.3 Å². The van der Waals surface area contributed by atoms with Crippen molar-refractivity contribution >= 4 is 23.3 Å². The van der Waals surface area contributed by atoms with Crippen LogP contribution in [0.25, 0.3) is 0 Å². The monoisotopic (exact) mass is 233 g/mol. The summed E-state index contributed by atoms with van der Waals surface area (Å²) in [5, 5.41) is 16.7. The molecule has 0 heterocycles. The van der Waals surface area contributed by atoms with Crippen LogP contribution in [0, 0.1) is 5.41 Å². The first-order valence-electron chi connectivity index (χ1n) is 4.46. The zero-order chi connectivity index (χ0) is 12.2. The first-order valence-corrected chi connectivity index (χ1v) is 4.99.